The molecule has 204 valence electrons. The van der Waals surface area contributed by atoms with Gasteiger partial charge in [-0.2, -0.15) is 5.10 Å². The normalized spacial score (nSPS) is 10.8. The Morgan fingerprint density at radius 1 is 0.800 bits per heavy atom. The van der Waals surface area contributed by atoms with Crippen LogP contribution in [0.5, 0.6) is 23.0 Å². The predicted molar refractivity (Wildman–Crippen MR) is 153 cm³/mol. The van der Waals surface area contributed by atoms with Gasteiger partial charge in [0.15, 0.2) is 11.5 Å². The number of rotatable bonds is 10. The van der Waals surface area contributed by atoms with Gasteiger partial charge in [0.1, 0.15) is 11.5 Å². The Kier molecular flexibility index (Phi) is 9.62. The number of carbonyl (C=O) groups is 2. The zero-order valence-corrected chi connectivity index (χ0v) is 23.0. The monoisotopic (exact) mass is 578 g/mol. The Balaban J connectivity index is 1.43. The lowest BCUT2D eigenvalue weighted by molar-refractivity contribution is -0.140. The van der Waals surface area contributed by atoms with Gasteiger partial charge >= 0.3 is 18.2 Å². The Bertz CT molecular complexity index is 1440. The number of halogens is 2. The number of benzene rings is 4. The quantitative estimate of drug-likeness (QED) is 0.0762. The van der Waals surface area contributed by atoms with E-state index in [2.05, 4.69) is 10.5 Å². The molecule has 4 rings (SSSR count). The first-order chi connectivity index (χ1) is 19.3. The molecular formula is C30H24Cl2N2O6. The van der Waals surface area contributed by atoms with Gasteiger partial charge < -0.3 is 18.9 Å². The van der Waals surface area contributed by atoms with Crippen LogP contribution in [0.15, 0.2) is 96.1 Å². The minimum absolute atomic E-state index is 0.238. The molecule has 1 N–H and O–H groups in total. The second kappa shape index (κ2) is 13.5. The summed E-state index contributed by atoms with van der Waals surface area (Å²) < 4.78 is 22.3. The smallest absolute Gasteiger partial charge is 0.343 e. The maximum absolute atomic E-state index is 12.9. The lowest BCUT2D eigenvalue weighted by Crippen LogP contribution is -2.40. The number of hydrazone groups is 1. The van der Waals surface area contributed by atoms with Gasteiger partial charge in [0, 0.05) is 10.0 Å². The molecule has 0 aliphatic heterocycles. The maximum atomic E-state index is 12.9. The molecule has 0 aliphatic carbocycles. The van der Waals surface area contributed by atoms with Crippen molar-refractivity contribution in [2.24, 2.45) is 5.10 Å². The molecule has 0 saturated heterocycles. The summed E-state index contributed by atoms with van der Waals surface area (Å²) in [6.45, 7) is 1.93. The summed E-state index contributed by atoms with van der Waals surface area (Å²) in [4.78, 5) is 25.4. The van der Waals surface area contributed by atoms with E-state index in [0.29, 0.717) is 38.4 Å². The van der Waals surface area contributed by atoms with Crippen LogP contribution in [0.4, 0.5) is 0 Å². The highest BCUT2D eigenvalue weighted by Gasteiger charge is 2.23. The van der Waals surface area contributed by atoms with Crippen molar-refractivity contribution < 1.29 is 28.5 Å². The third kappa shape index (κ3) is 7.99. The summed E-state index contributed by atoms with van der Waals surface area (Å²) in [6, 6.07) is 24.8. The number of amides is 1. The van der Waals surface area contributed by atoms with Crippen molar-refractivity contribution in [3.63, 3.8) is 0 Å². The number of methoxy groups -OCH3 is 1. The van der Waals surface area contributed by atoms with Crippen molar-refractivity contribution in [3.8, 4) is 23.0 Å². The van der Waals surface area contributed by atoms with Crippen molar-refractivity contribution in [3.05, 3.63) is 118 Å². The molecule has 40 heavy (non-hydrogen) atoms. The van der Waals surface area contributed by atoms with Gasteiger partial charge in [-0.05, 0) is 91.3 Å². The highest BCUT2D eigenvalue weighted by molar-refractivity contribution is 6.30. The molecule has 0 aliphatic rings. The first-order valence-corrected chi connectivity index (χ1v) is 12.7. The Morgan fingerprint density at radius 2 is 1.38 bits per heavy atom. The topological polar surface area (TPSA) is 95.5 Å². The van der Waals surface area contributed by atoms with Crippen LogP contribution >= 0.6 is 23.2 Å². The van der Waals surface area contributed by atoms with E-state index in [9.17, 15) is 9.59 Å². The summed E-state index contributed by atoms with van der Waals surface area (Å²) in [7, 11) is 1.45. The Labute approximate surface area is 241 Å². The van der Waals surface area contributed by atoms with E-state index < -0.39 is 18.2 Å². The number of carbonyl (C=O) groups excluding carboxylic acids is 2. The van der Waals surface area contributed by atoms with E-state index >= 15 is 0 Å². The first kappa shape index (κ1) is 28.5. The van der Waals surface area contributed by atoms with E-state index in [1.165, 1.54) is 13.3 Å². The lowest BCUT2D eigenvalue weighted by atomic mass is 10.1. The van der Waals surface area contributed by atoms with Gasteiger partial charge in [-0.25, -0.2) is 10.2 Å². The standard InChI is InChI=1S/C30H24Cl2N2O6/c1-19-3-6-21(7-4-19)29(36)40-26-16-5-20(17-27(26)37-2)18-33-34-28(35)30(38-24-12-8-22(31)9-13-24)39-25-14-10-23(32)11-15-25/h3-18,30H,1-2H3,(H,34,35). The predicted octanol–water partition coefficient (Wildman–Crippen LogP) is 6.46. The van der Waals surface area contributed by atoms with Crippen LogP contribution in [-0.4, -0.2) is 31.5 Å². The van der Waals surface area contributed by atoms with Gasteiger partial charge in [0.05, 0.1) is 18.9 Å². The SMILES string of the molecule is COc1cc(C=NNC(=O)C(Oc2ccc(Cl)cc2)Oc2ccc(Cl)cc2)ccc1OC(=O)c1ccc(C)cc1. The van der Waals surface area contributed by atoms with Gasteiger partial charge in [-0.15, -0.1) is 0 Å². The van der Waals surface area contributed by atoms with E-state index in [1.54, 1.807) is 78.9 Å². The van der Waals surface area contributed by atoms with Gasteiger partial charge in [0.2, 0.25) is 0 Å². The van der Waals surface area contributed by atoms with E-state index in [-0.39, 0.29) is 5.75 Å². The van der Waals surface area contributed by atoms with Crippen LogP contribution in [0.25, 0.3) is 0 Å². The van der Waals surface area contributed by atoms with Crippen molar-refractivity contribution in [2.45, 2.75) is 13.2 Å². The lowest BCUT2D eigenvalue weighted by Gasteiger charge is -2.19. The summed E-state index contributed by atoms with van der Waals surface area (Å²) in [5.41, 5.74) is 4.42. The second-order valence-electron chi connectivity index (χ2n) is 8.38. The number of nitrogens with zero attached hydrogens (tertiary/aromatic N) is 1. The Morgan fingerprint density at radius 3 is 1.93 bits per heavy atom. The number of hydrogen-bond donors (Lipinski definition) is 1. The van der Waals surface area contributed by atoms with Gasteiger partial charge in [-0.1, -0.05) is 40.9 Å². The number of nitrogens with one attached hydrogen (secondary N) is 1. The van der Waals surface area contributed by atoms with Crippen molar-refractivity contribution >= 4 is 41.3 Å². The highest BCUT2D eigenvalue weighted by atomic mass is 35.5. The average Bonchev–Trinajstić information content (AvgIpc) is 2.96. The zero-order valence-electron chi connectivity index (χ0n) is 21.5. The fourth-order valence-corrected chi connectivity index (χ4v) is 3.58. The molecule has 0 unspecified atom stereocenters. The molecule has 0 fully saturated rings. The molecule has 1 amide bonds. The van der Waals surface area contributed by atoms with Crippen LogP contribution in [0.2, 0.25) is 10.0 Å². The molecule has 0 bridgehead atoms. The third-order valence-corrected chi connectivity index (χ3v) is 5.90. The van der Waals surface area contributed by atoms with Gasteiger partial charge in [-0.3, -0.25) is 4.79 Å². The molecule has 4 aromatic rings. The highest BCUT2D eigenvalue weighted by Crippen LogP contribution is 2.28. The number of esters is 1. The molecule has 8 nitrogen and oxygen atoms in total. The summed E-state index contributed by atoms with van der Waals surface area (Å²) in [5, 5.41) is 5.04. The van der Waals surface area contributed by atoms with Crippen molar-refractivity contribution in [1.29, 1.82) is 0 Å². The largest absolute Gasteiger partial charge is 0.493 e. The first-order valence-electron chi connectivity index (χ1n) is 11.9. The minimum atomic E-state index is -1.38. The van der Waals surface area contributed by atoms with Crippen LogP contribution < -0.4 is 24.4 Å². The molecule has 0 atom stereocenters. The summed E-state index contributed by atoms with van der Waals surface area (Å²) >= 11 is 11.9. The zero-order chi connectivity index (χ0) is 28.5. The van der Waals surface area contributed by atoms with Crippen LogP contribution in [0, 0.1) is 6.92 Å². The van der Waals surface area contributed by atoms with E-state index in [1.807, 2.05) is 19.1 Å². The fraction of sp³-hybridized carbons (Fsp3) is 0.100. The fourth-order valence-electron chi connectivity index (χ4n) is 3.32. The minimum Gasteiger partial charge on any atom is -0.493 e. The molecule has 0 spiro atoms. The Hall–Kier alpha value is -4.53. The van der Waals surface area contributed by atoms with Crippen LogP contribution in [0.3, 0.4) is 0 Å². The third-order valence-electron chi connectivity index (χ3n) is 5.39. The van der Waals surface area contributed by atoms with E-state index in [0.717, 1.165) is 5.56 Å². The molecule has 0 radical (unpaired) electrons. The molecule has 0 saturated carbocycles. The van der Waals surface area contributed by atoms with Crippen LogP contribution in [-0.2, 0) is 4.79 Å². The summed E-state index contributed by atoms with van der Waals surface area (Å²) in [6.07, 6.45) is 0.0192. The van der Waals surface area contributed by atoms with Crippen LogP contribution in [0.1, 0.15) is 21.5 Å². The van der Waals surface area contributed by atoms with Crippen molar-refractivity contribution in [2.75, 3.05) is 7.11 Å². The molecule has 10 heteroatoms. The van der Waals surface area contributed by atoms with Crippen molar-refractivity contribution in [1.82, 2.24) is 5.43 Å². The number of hydrogen-bond acceptors (Lipinski definition) is 7. The number of aryl methyl sites for hydroxylation is 1. The maximum Gasteiger partial charge on any atom is 0.343 e. The molecule has 0 aromatic heterocycles. The molecule has 4 aromatic carbocycles. The summed E-state index contributed by atoms with van der Waals surface area (Å²) in [5.74, 6) is 0.0926. The molecule has 0 heterocycles. The average molecular weight is 579 g/mol. The second-order valence-corrected chi connectivity index (χ2v) is 9.25. The van der Waals surface area contributed by atoms with Gasteiger partial charge in [0.25, 0.3) is 0 Å². The molecular weight excluding hydrogens is 555 g/mol. The van der Waals surface area contributed by atoms with E-state index in [4.69, 9.17) is 42.1 Å². The number of ether oxygens (including phenoxy) is 4.